The number of nitrogens with zero attached hydrogens (tertiary/aromatic N) is 1. The second kappa shape index (κ2) is 5.91. The third-order valence-electron chi connectivity index (χ3n) is 4.15. The summed E-state index contributed by atoms with van der Waals surface area (Å²) in [5, 5.41) is 12.2. The Morgan fingerprint density at radius 3 is 2.90 bits per heavy atom. The van der Waals surface area contributed by atoms with Crippen LogP contribution in [0, 0.1) is 17.1 Å². The largest absolute Gasteiger partial charge is 0.485 e. The zero-order chi connectivity index (χ0) is 14.9. The minimum atomic E-state index is -0.527. The van der Waals surface area contributed by atoms with Crippen molar-refractivity contribution in [1.29, 1.82) is 5.26 Å². The van der Waals surface area contributed by atoms with E-state index >= 15 is 0 Å². The van der Waals surface area contributed by atoms with Gasteiger partial charge in [0.1, 0.15) is 12.2 Å². The Morgan fingerprint density at radius 1 is 1.43 bits per heavy atom. The molecule has 2 aliphatic rings. The summed E-state index contributed by atoms with van der Waals surface area (Å²) in [5.41, 5.74) is 0.147. The van der Waals surface area contributed by atoms with Gasteiger partial charge in [-0.3, -0.25) is 0 Å². The molecule has 21 heavy (non-hydrogen) atoms. The number of hydrogen-bond donors (Lipinski definition) is 1. The Kier molecular flexibility index (Phi) is 4.16. The molecule has 1 N–H and O–H groups in total. The molecule has 4 nitrogen and oxygen atoms in total. The van der Waals surface area contributed by atoms with E-state index in [4.69, 9.17) is 14.7 Å². The Labute approximate surface area is 131 Å². The van der Waals surface area contributed by atoms with Crippen molar-refractivity contribution in [3.63, 3.8) is 0 Å². The van der Waals surface area contributed by atoms with Gasteiger partial charge in [0.25, 0.3) is 0 Å². The van der Waals surface area contributed by atoms with Gasteiger partial charge in [-0.05, 0) is 54.0 Å². The lowest BCUT2D eigenvalue weighted by Gasteiger charge is -2.32. The van der Waals surface area contributed by atoms with E-state index in [9.17, 15) is 4.39 Å². The molecule has 0 bridgehead atoms. The number of halogens is 2. The summed E-state index contributed by atoms with van der Waals surface area (Å²) in [4.78, 5) is 0. The average Bonchev–Trinajstić information content (AvgIpc) is 2.87. The van der Waals surface area contributed by atoms with E-state index in [2.05, 4.69) is 21.2 Å². The quantitative estimate of drug-likeness (QED) is 0.887. The van der Waals surface area contributed by atoms with Gasteiger partial charge in [0, 0.05) is 6.42 Å². The van der Waals surface area contributed by atoms with Gasteiger partial charge in [-0.2, -0.15) is 5.26 Å². The molecule has 6 heteroatoms. The number of hydrogen-bond acceptors (Lipinski definition) is 4. The highest BCUT2D eigenvalue weighted by Crippen LogP contribution is 2.37. The number of benzene rings is 1. The van der Waals surface area contributed by atoms with Crippen LogP contribution in [0.2, 0.25) is 0 Å². The first kappa shape index (κ1) is 14.8. The standard InChI is InChI=1S/C15H16BrFN2O2/c16-13-10(8-18)1-2-12(14(13)17)21-11-7-15(20-9-11)3-5-19-6-4-15/h1-2,11,19H,3-7,9H2. The number of ether oxygens (including phenoxy) is 2. The lowest BCUT2D eigenvalue weighted by Crippen LogP contribution is -2.41. The molecule has 2 aliphatic heterocycles. The van der Waals surface area contributed by atoms with Crippen LogP contribution in [0.15, 0.2) is 16.6 Å². The minimum absolute atomic E-state index is 0.115. The number of nitrogens with one attached hydrogen (secondary N) is 1. The van der Waals surface area contributed by atoms with E-state index in [1.165, 1.54) is 6.07 Å². The molecule has 2 fully saturated rings. The van der Waals surface area contributed by atoms with Gasteiger partial charge in [-0.1, -0.05) is 0 Å². The highest BCUT2D eigenvalue weighted by Gasteiger charge is 2.42. The molecule has 0 aromatic heterocycles. The molecule has 1 spiro atoms. The van der Waals surface area contributed by atoms with Crippen molar-refractivity contribution in [1.82, 2.24) is 5.32 Å². The molecule has 1 atom stereocenters. The Bertz CT molecular complexity index is 582. The Balaban J connectivity index is 1.71. The van der Waals surface area contributed by atoms with Gasteiger partial charge >= 0.3 is 0 Å². The molecule has 2 heterocycles. The lowest BCUT2D eigenvalue weighted by atomic mass is 9.89. The summed E-state index contributed by atoms with van der Waals surface area (Å²) in [5.74, 6) is -0.360. The first-order valence-electron chi connectivity index (χ1n) is 7.03. The molecule has 112 valence electrons. The van der Waals surface area contributed by atoms with Crippen LogP contribution in [0.3, 0.4) is 0 Å². The number of rotatable bonds is 2. The molecule has 1 aromatic rings. The van der Waals surface area contributed by atoms with Crippen LogP contribution in [0.1, 0.15) is 24.8 Å². The predicted molar refractivity (Wildman–Crippen MR) is 78.6 cm³/mol. The molecule has 0 aliphatic carbocycles. The molecule has 2 saturated heterocycles. The van der Waals surface area contributed by atoms with E-state index in [0.29, 0.717) is 6.61 Å². The van der Waals surface area contributed by atoms with Gasteiger partial charge in [-0.15, -0.1) is 0 Å². The molecule has 0 saturated carbocycles. The molecular formula is C15H16BrFN2O2. The van der Waals surface area contributed by atoms with Crippen molar-refractivity contribution in [3.8, 4) is 11.8 Å². The average molecular weight is 355 g/mol. The maximum absolute atomic E-state index is 14.2. The molecule has 0 radical (unpaired) electrons. The van der Waals surface area contributed by atoms with Crippen LogP contribution in [0.5, 0.6) is 5.75 Å². The van der Waals surface area contributed by atoms with Crippen LogP contribution in [-0.4, -0.2) is 31.4 Å². The number of nitriles is 1. The van der Waals surface area contributed by atoms with Crippen LogP contribution >= 0.6 is 15.9 Å². The van der Waals surface area contributed by atoms with E-state index in [-0.39, 0.29) is 27.5 Å². The second-order valence-electron chi connectivity index (χ2n) is 5.54. The molecule has 1 unspecified atom stereocenters. The molecule has 1 aromatic carbocycles. The van der Waals surface area contributed by atoms with E-state index < -0.39 is 5.82 Å². The number of piperidine rings is 1. The van der Waals surface area contributed by atoms with Gasteiger partial charge in [0.2, 0.25) is 0 Å². The second-order valence-corrected chi connectivity index (χ2v) is 6.33. The third-order valence-corrected chi connectivity index (χ3v) is 4.93. The highest BCUT2D eigenvalue weighted by atomic mass is 79.9. The zero-order valence-electron chi connectivity index (χ0n) is 11.5. The molecule has 3 rings (SSSR count). The first-order valence-corrected chi connectivity index (χ1v) is 7.82. The van der Waals surface area contributed by atoms with Crippen LogP contribution in [0.25, 0.3) is 0 Å². The normalized spacial score (nSPS) is 24.0. The monoisotopic (exact) mass is 354 g/mol. The van der Waals surface area contributed by atoms with Gasteiger partial charge in [-0.25, -0.2) is 4.39 Å². The summed E-state index contributed by atoms with van der Waals surface area (Å²) < 4.78 is 26.0. The van der Waals surface area contributed by atoms with Crippen molar-refractivity contribution in [2.45, 2.75) is 31.0 Å². The van der Waals surface area contributed by atoms with Crippen molar-refractivity contribution >= 4 is 15.9 Å². The van der Waals surface area contributed by atoms with Crippen molar-refractivity contribution in [2.24, 2.45) is 0 Å². The Hall–Kier alpha value is -1.16. The summed E-state index contributed by atoms with van der Waals surface area (Å²) in [6.45, 7) is 2.38. The van der Waals surface area contributed by atoms with Gasteiger partial charge < -0.3 is 14.8 Å². The van der Waals surface area contributed by atoms with Crippen molar-refractivity contribution < 1.29 is 13.9 Å². The SMILES string of the molecule is N#Cc1ccc(OC2COC3(CCNCC3)C2)c(F)c1Br. The Morgan fingerprint density at radius 2 is 2.19 bits per heavy atom. The fourth-order valence-corrected chi connectivity index (χ4v) is 3.41. The maximum Gasteiger partial charge on any atom is 0.180 e. The van der Waals surface area contributed by atoms with E-state index in [1.807, 2.05) is 6.07 Å². The fraction of sp³-hybridized carbons (Fsp3) is 0.533. The van der Waals surface area contributed by atoms with Crippen LogP contribution in [-0.2, 0) is 4.74 Å². The fourth-order valence-electron chi connectivity index (χ4n) is 3.00. The topological polar surface area (TPSA) is 54.3 Å². The molecule has 0 amide bonds. The van der Waals surface area contributed by atoms with Crippen molar-refractivity contribution in [2.75, 3.05) is 19.7 Å². The lowest BCUT2D eigenvalue weighted by molar-refractivity contribution is -0.0205. The first-order chi connectivity index (χ1) is 10.1. The summed E-state index contributed by atoms with van der Waals surface area (Å²) >= 11 is 3.09. The summed E-state index contributed by atoms with van der Waals surface area (Å²) in [6, 6.07) is 4.99. The summed E-state index contributed by atoms with van der Waals surface area (Å²) in [6.07, 6.45) is 2.57. The predicted octanol–water partition coefficient (Wildman–Crippen LogP) is 2.75. The van der Waals surface area contributed by atoms with Crippen LogP contribution in [0.4, 0.5) is 4.39 Å². The minimum Gasteiger partial charge on any atom is -0.485 e. The highest BCUT2D eigenvalue weighted by molar-refractivity contribution is 9.10. The van der Waals surface area contributed by atoms with Crippen molar-refractivity contribution in [3.05, 3.63) is 28.0 Å². The molecular weight excluding hydrogens is 339 g/mol. The van der Waals surface area contributed by atoms with E-state index in [0.717, 1.165) is 32.4 Å². The van der Waals surface area contributed by atoms with Gasteiger partial charge in [0.05, 0.1) is 22.2 Å². The zero-order valence-corrected chi connectivity index (χ0v) is 13.1. The van der Waals surface area contributed by atoms with Gasteiger partial charge in [0.15, 0.2) is 11.6 Å². The maximum atomic E-state index is 14.2. The summed E-state index contributed by atoms with van der Waals surface area (Å²) in [7, 11) is 0. The van der Waals surface area contributed by atoms with Crippen LogP contribution < -0.4 is 10.1 Å². The third kappa shape index (κ3) is 2.91. The van der Waals surface area contributed by atoms with E-state index in [1.54, 1.807) is 6.07 Å². The smallest absolute Gasteiger partial charge is 0.180 e.